The molecule has 1 spiro atoms. The molecule has 4 aliphatic carbocycles. The van der Waals surface area contributed by atoms with E-state index in [1.54, 1.807) is 0 Å². The van der Waals surface area contributed by atoms with Gasteiger partial charge in [0.15, 0.2) is 0 Å². The number of hydrogen-bond donors (Lipinski definition) is 1. The van der Waals surface area contributed by atoms with Crippen molar-refractivity contribution in [3.05, 3.63) is 0 Å². The highest BCUT2D eigenvalue weighted by atomic mass is 19.4. The zero-order valence-electron chi connectivity index (χ0n) is 21.3. The SMILES string of the molecule is C[C@H](CCCC(F)(C(F)(F)F)C(F)(F)F)[C@H]1CC[C@H]2C3C[C@@H]4O[C@@]45CC(O)CC[C@]5(C)[C@H]3CCC12C. The largest absolute Gasteiger partial charge is 0.431 e. The Kier molecular flexibility index (Phi) is 6.17. The fourth-order valence-electron chi connectivity index (χ4n) is 9.95. The Labute approximate surface area is 208 Å². The van der Waals surface area contributed by atoms with Gasteiger partial charge in [-0.15, -0.1) is 0 Å². The van der Waals surface area contributed by atoms with Crippen LogP contribution in [0.5, 0.6) is 0 Å². The molecular formula is C27H39F7O2. The van der Waals surface area contributed by atoms with Gasteiger partial charge >= 0.3 is 12.4 Å². The van der Waals surface area contributed by atoms with Gasteiger partial charge in [0.05, 0.1) is 12.2 Å². The molecule has 0 aromatic carbocycles. The van der Waals surface area contributed by atoms with Crippen molar-refractivity contribution in [2.24, 2.45) is 40.4 Å². The molecule has 1 aliphatic heterocycles. The number of epoxide rings is 1. The predicted molar refractivity (Wildman–Crippen MR) is 120 cm³/mol. The van der Waals surface area contributed by atoms with Gasteiger partial charge in [0, 0.05) is 11.8 Å². The zero-order chi connectivity index (χ0) is 26.5. The Morgan fingerprint density at radius 3 is 2.22 bits per heavy atom. The van der Waals surface area contributed by atoms with Crippen molar-refractivity contribution < 1.29 is 40.6 Å². The fourth-order valence-corrected chi connectivity index (χ4v) is 9.95. The van der Waals surface area contributed by atoms with Crippen molar-refractivity contribution in [1.29, 1.82) is 0 Å². The molecule has 5 rings (SSSR count). The van der Waals surface area contributed by atoms with Crippen LogP contribution in [0.25, 0.3) is 0 Å². The normalized spacial score (nSPS) is 47.4. The van der Waals surface area contributed by atoms with Crippen molar-refractivity contribution in [2.75, 3.05) is 0 Å². The molecule has 10 atom stereocenters. The summed E-state index contributed by atoms with van der Waals surface area (Å²) >= 11 is 0. The van der Waals surface area contributed by atoms with Gasteiger partial charge in [0.2, 0.25) is 0 Å². The van der Waals surface area contributed by atoms with Crippen LogP contribution in [0.1, 0.15) is 91.4 Å². The molecule has 0 aromatic heterocycles. The molecule has 5 fully saturated rings. The summed E-state index contributed by atoms with van der Waals surface area (Å²) in [6, 6.07) is 0. The van der Waals surface area contributed by atoms with Gasteiger partial charge in [-0.3, -0.25) is 0 Å². The Hall–Kier alpha value is -0.570. The molecule has 36 heavy (non-hydrogen) atoms. The topological polar surface area (TPSA) is 32.8 Å². The molecule has 0 amide bonds. The van der Waals surface area contributed by atoms with Crippen LogP contribution in [0.15, 0.2) is 0 Å². The minimum absolute atomic E-state index is 0.0130. The van der Waals surface area contributed by atoms with E-state index >= 15 is 0 Å². The van der Waals surface area contributed by atoms with E-state index in [0.29, 0.717) is 24.2 Å². The molecular weight excluding hydrogens is 489 g/mol. The third kappa shape index (κ3) is 3.63. The van der Waals surface area contributed by atoms with Gasteiger partial charge in [0.25, 0.3) is 5.67 Å². The second-order valence-corrected chi connectivity index (χ2v) is 13.3. The number of alkyl halides is 7. The van der Waals surface area contributed by atoms with Crippen LogP contribution in [0.4, 0.5) is 30.7 Å². The molecule has 0 bridgehead atoms. The average molecular weight is 529 g/mol. The van der Waals surface area contributed by atoms with Crippen molar-refractivity contribution in [3.63, 3.8) is 0 Å². The molecule has 9 heteroatoms. The number of ether oxygens (including phenoxy) is 1. The smallest absolute Gasteiger partial charge is 0.393 e. The van der Waals surface area contributed by atoms with Crippen LogP contribution in [0.3, 0.4) is 0 Å². The lowest BCUT2D eigenvalue weighted by atomic mass is 9.44. The number of rotatable bonds is 5. The summed E-state index contributed by atoms with van der Waals surface area (Å²) in [6.07, 6.45) is -6.51. The van der Waals surface area contributed by atoms with Crippen molar-refractivity contribution in [3.8, 4) is 0 Å². The van der Waals surface area contributed by atoms with Gasteiger partial charge in [-0.2, -0.15) is 26.3 Å². The number of fused-ring (bicyclic) bond motifs is 4. The van der Waals surface area contributed by atoms with Crippen molar-refractivity contribution in [2.45, 2.75) is 127 Å². The highest BCUT2D eigenvalue weighted by molar-refractivity contribution is 5.24. The summed E-state index contributed by atoms with van der Waals surface area (Å²) < 4.78 is 98.2. The Balaban J connectivity index is 1.26. The Bertz CT molecular complexity index is 844. The maximum Gasteiger partial charge on any atom is 0.431 e. The van der Waals surface area contributed by atoms with Crippen LogP contribution < -0.4 is 0 Å². The first-order valence-electron chi connectivity index (χ1n) is 13.7. The summed E-state index contributed by atoms with van der Waals surface area (Å²) in [5, 5.41) is 10.3. The molecule has 2 nitrogen and oxygen atoms in total. The minimum atomic E-state index is -5.97. The van der Waals surface area contributed by atoms with E-state index in [4.69, 9.17) is 4.74 Å². The summed E-state index contributed by atoms with van der Waals surface area (Å²) in [5.41, 5.74) is -5.31. The molecule has 208 valence electrons. The maximum absolute atomic E-state index is 14.1. The molecule has 3 unspecified atom stereocenters. The van der Waals surface area contributed by atoms with E-state index in [0.717, 1.165) is 44.9 Å². The first kappa shape index (κ1) is 27.0. The standard InChI is InChI=1S/C27H39F7O2/c1-15(5-4-10-25(28,26(29,30)31)27(32,33)34)18-6-7-19-17-13-21-24(36-21)14-16(35)8-12-23(24,3)20(17)9-11-22(18,19)2/h15-21,35H,4-14H2,1-3H3/t15-,16?,17?,18-,19+,20+,21+,22?,23-,24+/m1/s1. The van der Waals surface area contributed by atoms with Crippen LogP contribution in [-0.2, 0) is 4.74 Å². The first-order chi connectivity index (χ1) is 16.5. The first-order valence-corrected chi connectivity index (χ1v) is 13.7. The third-order valence-corrected chi connectivity index (χ3v) is 11.9. The molecule has 1 saturated heterocycles. The van der Waals surface area contributed by atoms with E-state index in [-0.39, 0.29) is 46.9 Å². The van der Waals surface area contributed by atoms with Crippen LogP contribution in [-0.4, -0.2) is 40.9 Å². The maximum atomic E-state index is 14.1. The van der Waals surface area contributed by atoms with Gasteiger partial charge < -0.3 is 9.84 Å². The number of halogens is 7. The summed E-state index contributed by atoms with van der Waals surface area (Å²) in [5.74, 6) is 1.61. The van der Waals surface area contributed by atoms with Crippen molar-refractivity contribution >= 4 is 0 Å². The lowest BCUT2D eigenvalue weighted by Gasteiger charge is -2.59. The van der Waals surface area contributed by atoms with E-state index in [2.05, 4.69) is 13.8 Å². The Morgan fingerprint density at radius 1 is 0.917 bits per heavy atom. The molecule has 0 radical (unpaired) electrons. The molecule has 1 heterocycles. The molecule has 1 N–H and O–H groups in total. The van der Waals surface area contributed by atoms with Gasteiger partial charge in [-0.05, 0) is 92.8 Å². The lowest BCUT2D eigenvalue weighted by Crippen LogP contribution is -2.58. The van der Waals surface area contributed by atoms with Crippen LogP contribution in [0.2, 0.25) is 0 Å². The minimum Gasteiger partial charge on any atom is -0.393 e. The summed E-state index contributed by atoms with van der Waals surface area (Å²) in [7, 11) is 0. The Morgan fingerprint density at radius 2 is 1.58 bits per heavy atom. The highest BCUT2D eigenvalue weighted by Crippen LogP contribution is 2.74. The molecule has 4 saturated carbocycles. The van der Waals surface area contributed by atoms with E-state index in [9.17, 15) is 35.8 Å². The second-order valence-electron chi connectivity index (χ2n) is 13.3. The summed E-state index contributed by atoms with van der Waals surface area (Å²) in [6.45, 7) is 6.54. The van der Waals surface area contributed by atoms with E-state index in [1.807, 2.05) is 6.92 Å². The van der Waals surface area contributed by atoms with Gasteiger partial charge in [0.1, 0.15) is 5.60 Å². The van der Waals surface area contributed by atoms with E-state index in [1.165, 1.54) is 0 Å². The molecule has 0 aromatic rings. The lowest BCUT2D eigenvalue weighted by molar-refractivity contribution is -0.343. The second kappa shape index (κ2) is 8.22. The number of aliphatic hydroxyl groups is 1. The van der Waals surface area contributed by atoms with Crippen LogP contribution in [0, 0.1) is 40.4 Å². The van der Waals surface area contributed by atoms with Gasteiger partial charge in [-0.1, -0.05) is 27.2 Å². The molecule has 5 aliphatic rings. The zero-order valence-corrected chi connectivity index (χ0v) is 21.3. The third-order valence-electron chi connectivity index (χ3n) is 11.9. The number of aliphatic hydroxyl groups excluding tert-OH is 1. The highest BCUT2D eigenvalue weighted by Gasteiger charge is 2.76. The summed E-state index contributed by atoms with van der Waals surface area (Å²) in [4.78, 5) is 0. The van der Waals surface area contributed by atoms with Crippen molar-refractivity contribution in [1.82, 2.24) is 0 Å². The quantitative estimate of drug-likeness (QED) is 0.292. The number of hydrogen-bond acceptors (Lipinski definition) is 2. The van der Waals surface area contributed by atoms with E-state index < -0.39 is 30.9 Å². The predicted octanol–water partition coefficient (Wildman–Crippen LogP) is 7.78. The van der Waals surface area contributed by atoms with Gasteiger partial charge in [-0.25, -0.2) is 4.39 Å². The van der Waals surface area contributed by atoms with Crippen LogP contribution >= 0.6 is 0 Å². The average Bonchev–Trinajstić information content (AvgIpc) is 3.33. The monoisotopic (exact) mass is 528 g/mol. The fraction of sp³-hybridized carbons (Fsp3) is 1.00.